The zero-order valence-corrected chi connectivity index (χ0v) is 14.0. The Morgan fingerprint density at radius 3 is 2.83 bits per heavy atom. The average Bonchev–Trinajstić information content (AvgIpc) is 3.02. The van der Waals surface area contributed by atoms with Gasteiger partial charge in [0.05, 0.1) is 19.2 Å². The van der Waals surface area contributed by atoms with E-state index in [4.69, 9.17) is 9.26 Å². The van der Waals surface area contributed by atoms with Crippen LogP contribution in [0.2, 0.25) is 0 Å². The van der Waals surface area contributed by atoms with E-state index >= 15 is 0 Å². The van der Waals surface area contributed by atoms with E-state index in [2.05, 4.69) is 15.1 Å². The lowest BCUT2D eigenvalue weighted by molar-refractivity contribution is 0.299. The number of hydrogen-bond acceptors (Lipinski definition) is 6. The molecule has 1 aromatic carbocycles. The summed E-state index contributed by atoms with van der Waals surface area (Å²) in [6.07, 6.45) is 0.713. The lowest BCUT2D eigenvalue weighted by atomic mass is 10.1. The van der Waals surface area contributed by atoms with Crippen molar-refractivity contribution in [1.29, 1.82) is 0 Å². The van der Waals surface area contributed by atoms with E-state index in [1.165, 1.54) is 0 Å². The van der Waals surface area contributed by atoms with Gasteiger partial charge in [0.25, 0.3) is 5.56 Å². The number of aromatic nitrogens is 3. The van der Waals surface area contributed by atoms with Gasteiger partial charge in [0.15, 0.2) is 5.82 Å². The lowest BCUT2D eigenvalue weighted by Crippen LogP contribution is -2.23. The molecule has 0 unspecified atom stereocenters. The van der Waals surface area contributed by atoms with E-state index in [1.807, 2.05) is 43.1 Å². The highest BCUT2D eigenvalue weighted by Gasteiger charge is 2.11. The van der Waals surface area contributed by atoms with Crippen LogP contribution in [0.3, 0.4) is 0 Å². The van der Waals surface area contributed by atoms with E-state index in [-0.39, 0.29) is 5.56 Å². The van der Waals surface area contributed by atoms with Gasteiger partial charge in [0.2, 0.25) is 5.89 Å². The third-order valence-corrected chi connectivity index (χ3v) is 3.79. The Labute approximate surface area is 139 Å². The topological polar surface area (TPSA) is 84.3 Å². The highest BCUT2D eigenvalue weighted by atomic mass is 16.5. The molecule has 0 fully saturated rings. The second-order valence-corrected chi connectivity index (χ2v) is 5.71. The molecular formula is C17H20N4O3. The fourth-order valence-electron chi connectivity index (χ4n) is 2.56. The maximum atomic E-state index is 12.3. The summed E-state index contributed by atoms with van der Waals surface area (Å²) in [5.74, 6) is 1.96. The van der Waals surface area contributed by atoms with Crippen molar-refractivity contribution in [3.63, 3.8) is 0 Å². The molecule has 1 N–H and O–H groups in total. The molecule has 0 aliphatic heterocycles. The first-order chi connectivity index (χ1) is 11.6. The third kappa shape index (κ3) is 3.46. The second-order valence-electron chi connectivity index (χ2n) is 5.71. The van der Waals surface area contributed by atoms with Gasteiger partial charge >= 0.3 is 0 Å². The minimum absolute atomic E-state index is 0.107. The molecule has 0 amide bonds. The zero-order chi connectivity index (χ0) is 17.1. The number of pyridine rings is 1. The number of nitrogens with one attached hydrogen (secondary N) is 1. The van der Waals surface area contributed by atoms with Crippen molar-refractivity contribution < 1.29 is 9.26 Å². The number of nitrogens with zero attached hydrogens (tertiary/aromatic N) is 3. The molecule has 0 radical (unpaired) electrons. The number of benzene rings is 1. The maximum absolute atomic E-state index is 12.3. The number of H-pyrrole nitrogens is 1. The molecule has 24 heavy (non-hydrogen) atoms. The first-order valence-electron chi connectivity index (χ1n) is 7.79. The van der Waals surface area contributed by atoms with Crippen LogP contribution >= 0.6 is 0 Å². The highest BCUT2D eigenvalue weighted by molar-refractivity contribution is 5.80. The minimum Gasteiger partial charge on any atom is -0.497 e. The molecule has 2 aromatic heterocycles. The largest absolute Gasteiger partial charge is 0.497 e. The molecule has 7 nitrogen and oxygen atoms in total. The smallest absolute Gasteiger partial charge is 0.252 e. The number of rotatable bonds is 6. The number of hydrogen-bond donors (Lipinski definition) is 1. The third-order valence-electron chi connectivity index (χ3n) is 3.79. The highest BCUT2D eigenvalue weighted by Crippen LogP contribution is 2.18. The molecule has 2 heterocycles. The van der Waals surface area contributed by atoms with Crippen molar-refractivity contribution in [2.75, 3.05) is 14.2 Å². The van der Waals surface area contributed by atoms with Gasteiger partial charge in [-0.15, -0.1) is 0 Å². The zero-order valence-electron chi connectivity index (χ0n) is 14.0. The minimum atomic E-state index is -0.107. The SMILES string of the molecule is CCc1nc(CN(C)Cc2cc3ccc(OC)cc3[nH]c2=O)no1. The molecule has 0 spiro atoms. The van der Waals surface area contributed by atoms with Crippen LogP contribution in [0.4, 0.5) is 0 Å². The Bertz CT molecular complexity index is 900. The Hall–Kier alpha value is -2.67. The Morgan fingerprint density at radius 2 is 2.12 bits per heavy atom. The van der Waals surface area contributed by atoms with Crippen LogP contribution in [-0.2, 0) is 19.5 Å². The first kappa shape index (κ1) is 16.2. The van der Waals surface area contributed by atoms with Gasteiger partial charge < -0.3 is 14.2 Å². The summed E-state index contributed by atoms with van der Waals surface area (Å²) in [5, 5.41) is 4.90. The lowest BCUT2D eigenvalue weighted by Gasteiger charge is -2.14. The van der Waals surface area contributed by atoms with Gasteiger partial charge in [-0.3, -0.25) is 9.69 Å². The van der Waals surface area contributed by atoms with Crippen molar-refractivity contribution in [3.8, 4) is 5.75 Å². The molecule has 0 aliphatic rings. The van der Waals surface area contributed by atoms with Gasteiger partial charge in [0, 0.05) is 24.6 Å². The number of ether oxygens (including phenoxy) is 1. The van der Waals surface area contributed by atoms with Crippen LogP contribution in [0.25, 0.3) is 10.9 Å². The van der Waals surface area contributed by atoms with Crippen molar-refractivity contribution in [2.24, 2.45) is 0 Å². The molecule has 3 rings (SSSR count). The molecule has 0 aliphatic carbocycles. The summed E-state index contributed by atoms with van der Waals surface area (Å²) in [7, 11) is 3.52. The van der Waals surface area contributed by atoms with E-state index in [0.717, 1.165) is 10.9 Å². The average molecular weight is 328 g/mol. The number of fused-ring (bicyclic) bond motifs is 1. The first-order valence-corrected chi connectivity index (χ1v) is 7.79. The Balaban J connectivity index is 1.78. The van der Waals surface area contributed by atoms with E-state index in [9.17, 15) is 4.79 Å². The quantitative estimate of drug-likeness (QED) is 0.746. The van der Waals surface area contributed by atoms with Crippen LogP contribution in [0, 0.1) is 0 Å². The molecule has 0 saturated heterocycles. The van der Waals surface area contributed by atoms with Gasteiger partial charge in [0.1, 0.15) is 5.75 Å². The predicted octanol–water partition coefficient (Wildman–Crippen LogP) is 2.11. The summed E-state index contributed by atoms with van der Waals surface area (Å²) in [5.41, 5.74) is 1.34. The van der Waals surface area contributed by atoms with E-state index in [1.54, 1.807) is 7.11 Å². The number of methoxy groups -OCH3 is 1. The molecule has 0 atom stereocenters. The van der Waals surface area contributed by atoms with Gasteiger partial charge in [-0.1, -0.05) is 12.1 Å². The molecule has 0 saturated carbocycles. The molecule has 126 valence electrons. The van der Waals surface area contributed by atoms with Gasteiger partial charge in [-0.05, 0) is 30.6 Å². The van der Waals surface area contributed by atoms with Gasteiger partial charge in [-0.25, -0.2) is 0 Å². The predicted molar refractivity (Wildman–Crippen MR) is 90.0 cm³/mol. The van der Waals surface area contributed by atoms with E-state index in [0.29, 0.717) is 42.5 Å². The summed E-state index contributed by atoms with van der Waals surface area (Å²) in [6, 6.07) is 7.52. The normalized spacial score (nSPS) is 11.3. The molecule has 0 bridgehead atoms. The van der Waals surface area contributed by atoms with Crippen LogP contribution in [-0.4, -0.2) is 34.2 Å². The van der Waals surface area contributed by atoms with Gasteiger partial charge in [-0.2, -0.15) is 4.98 Å². The van der Waals surface area contributed by atoms with Crippen LogP contribution in [0.5, 0.6) is 5.75 Å². The Kier molecular flexibility index (Phi) is 4.61. The summed E-state index contributed by atoms with van der Waals surface area (Å²) in [6.45, 7) is 2.97. The number of aromatic amines is 1. The fraction of sp³-hybridized carbons (Fsp3) is 0.353. The van der Waals surface area contributed by atoms with Crippen LogP contribution < -0.4 is 10.3 Å². The summed E-state index contributed by atoms with van der Waals surface area (Å²) >= 11 is 0. The van der Waals surface area contributed by atoms with E-state index < -0.39 is 0 Å². The standard InChI is InChI=1S/C17H20N4O3/c1-4-16-19-15(20-24-16)10-21(2)9-12-7-11-5-6-13(23-3)8-14(11)18-17(12)22/h5-8H,4,9-10H2,1-3H3,(H,18,22). The van der Waals surface area contributed by atoms with Crippen molar-refractivity contribution >= 4 is 10.9 Å². The van der Waals surface area contributed by atoms with Crippen LogP contribution in [0.1, 0.15) is 24.2 Å². The van der Waals surface area contributed by atoms with Crippen molar-refractivity contribution in [3.05, 3.63) is 51.9 Å². The summed E-state index contributed by atoms with van der Waals surface area (Å²) < 4.78 is 10.3. The van der Waals surface area contributed by atoms with Crippen molar-refractivity contribution in [2.45, 2.75) is 26.4 Å². The molecule has 7 heteroatoms. The molecular weight excluding hydrogens is 308 g/mol. The van der Waals surface area contributed by atoms with Crippen LogP contribution in [0.15, 0.2) is 33.6 Å². The second kappa shape index (κ2) is 6.84. The Morgan fingerprint density at radius 1 is 1.29 bits per heavy atom. The number of aryl methyl sites for hydroxylation is 1. The maximum Gasteiger partial charge on any atom is 0.252 e. The van der Waals surface area contributed by atoms with Crippen molar-refractivity contribution in [1.82, 2.24) is 20.0 Å². The molecule has 3 aromatic rings. The fourth-order valence-corrected chi connectivity index (χ4v) is 2.56. The summed E-state index contributed by atoms with van der Waals surface area (Å²) in [4.78, 5) is 21.5. The monoisotopic (exact) mass is 328 g/mol.